The molecule has 27 heavy (non-hydrogen) atoms. The van der Waals surface area contributed by atoms with E-state index in [9.17, 15) is 13.2 Å². The number of nitrogens with one attached hydrogen (secondary N) is 1. The van der Waals surface area contributed by atoms with Gasteiger partial charge < -0.3 is 19.9 Å². The lowest BCUT2D eigenvalue weighted by Crippen LogP contribution is -2.54. The number of nitrogens with zero attached hydrogens (tertiary/aromatic N) is 4. The molecule has 0 atom stereocenters. The maximum atomic E-state index is 12.4. The third-order valence-electron chi connectivity index (χ3n) is 4.41. The minimum Gasteiger partial charge on any atom is -0.450 e. The van der Waals surface area contributed by atoms with Crippen LogP contribution in [0.25, 0.3) is 0 Å². The molecule has 0 unspecified atom stereocenters. The fraction of sp³-hybridized carbons (Fsp3) is 0.875. The molecule has 9 nitrogen and oxygen atoms in total. The molecule has 0 saturated carbocycles. The Bertz CT molecular complexity index is 600. The summed E-state index contributed by atoms with van der Waals surface area (Å²) in [4.78, 5) is 20.1. The van der Waals surface area contributed by atoms with Gasteiger partial charge in [0.05, 0.1) is 18.9 Å². The Hall–Kier alpha value is -1.20. The van der Waals surface area contributed by atoms with Gasteiger partial charge in [0, 0.05) is 57.3 Å². The molecule has 0 aromatic carbocycles. The first-order valence-electron chi connectivity index (χ1n) is 9.48. The SMILES string of the molecule is CCNC(=NCCS(=O)(=O)N1CCSCC1)N1CCN(C(=O)OCC)CC1. The van der Waals surface area contributed by atoms with Crippen molar-refractivity contribution in [1.82, 2.24) is 19.4 Å². The Kier molecular flexibility index (Phi) is 8.97. The van der Waals surface area contributed by atoms with Crippen molar-refractivity contribution in [2.45, 2.75) is 13.8 Å². The lowest BCUT2D eigenvalue weighted by Gasteiger charge is -2.36. The van der Waals surface area contributed by atoms with E-state index in [0.717, 1.165) is 11.5 Å². The number of hydrogen-bond acceptors (Lipinski definition) is 6. The number of hydrogen-bond donors (Lipinski definition) is 1. The van der Waals surface area contributed by atoms with E-state index in [4.69, 9.17) is 4.74 Å². The smallest absolute Gasteiger partial charge is 0.409 e. The molecular formula is C16H31N5O4S2. The van der Waals surface area contributed by atoms with Gasteiger partial charge in [-0.15, -0.1) is 0 Å². The van der Waals surface area contributed by atoms with E-state index in [1.807, 2.05) is 6.92 Å². The fourth-order valence-corrected chi connectivity index (χ4v) is 5.42. The molecule has 0 spiro atoms. The molecule has 0 aromatic heterocycles. The van der Waals surface area contributed by atoms with Gasteiger partial charge in [-0.1, -0.05) is 0 Å². The number of carbonyl (C=O) groups is 1. The summed E-state index contributed by atoms with van der Waals surface area (Å²) in [5.74, 6) is 2.44. The zero-order chi connectivity index (χ0) is 19.7. The van der Waals surface area contributed by atoms with Crippen LogP contribution in [0.4, 0.5) is 4.79 Å². The van der Waals surface area contributed by atoms with Gasteiger partial charge in [-0.2, -0.15) is 11.8 Å². The number of sulfonamides is 1. The first-order valence-corrected chi connectivity index (χ1v) is 12.2. The van der Waals surface area contributed by atoms with Gasteiger partial charge in [0.25, 0.3) is 0 Å². The van der Waals surface area contributed by atoms with Gasteiger partial charge in [0.2, 0.25) is 10.0 Å². The molecule has 2 heterocycles. The van der Waals surface area contributed by atoms with E-state index in [2.05, 4.69) is 15.2 Å². The molecule has 156 valence electrons. The topological polar surface area (TPSA) is 94.5 Å². The third kappa shape index (κ3) is 6.72. The van der Waals surface area contributed by atoms with Crippen LogP contribution in [-0.4, -0.2) is 111 Å². The van der Waals surface area contributed by atoms with E-state index < -0.39 is 10.0 Å². The molecule has 0 aromatic rings. The number of ether oxygens (including phenoxy) is 1. The summed E-state index contributed by atoms with van der Waals surface area (Å²) in [6, 6.07) is 0. The number of aliphatic imine (C=N–C) groups is 1. The molecule has 0 radical (unpaired) electrons. The highest BCUT2D eigenvalue weighted by Gasteiger charge is 2.25. The summed E-state index contributed by atoms with van der Waals surface area (Å²) in [6.45, 7) is 8.65. The van der Waals surface area contributed by atoms with Crippen LogP contribution in [0.15, 0.2) is 4.99 Å². The van der Waals surface area contributed by atoms with Gasteiger partial charge in [0.15, 0.2) is 5.96 Å². The molecule has 1 N–H and O–H groups in total. The molecule has 2 fully saturated rings. The van der Waals surface area contributed by atoms with Crippen molar-refractivity contribution in [3.05, 3.63) is 0 Å². The zero-order valence-corrected chi connectivity index (χ0v) is 17.9. The van der Waals surface area contributed by atoms with E-state index in [-0.39, 0.29) is 18.4 Å². The predicted octanol–water partition coefficient (Wildman–Crippen LogP) is 0.105. The maximum absolute atomic E-state index is 12.4. The molecule has 2 saturated heterocycles. The number of piperazine rings is 1. The van der Waals surface area contributed by atoms with E-state index in [0.29, 0.717) is 58.4 Å². The Balaban J connectivity index is 1.88. The van der Waals surface area contributed by atoms with Crippen LogP contribution in [0.5, 0.6) is 0 Å². The van der Waals surface area contributed by atoms with Gasteiger partial charge in [-0.25, -0.2) is 17.5 Å². The lowest BCUT2D eigenvalue weighted by atomic mass is 10.3. The normalized spacial score (nSPS) is 19.9. The zero-order valence-electron chi connectivity index (χ0n) is 16.2. The Morgan fingerprint density at radius 3 is 2.30 bits per heavy atom. The number of rotatable bonds is 6. The second-order valence-corrected chi connectivity index (χ2v) is 9.55. The van der Waals surface area contributed by atoms with Crippen LogP contribution in [0, 0.1) is 0 Å². The second-order valence-electron chi connectivity index (χ2n) is 6.24. The van der Waals surface area contributed by atoms with Crippen LogP contribution in [-0.2, 0) is 14.8 Å². The van der Waals surface area contributed by atoms with E-state index in [1.54, 1.807) is 27.9 Å². The standard InChI is InChI=1S/C16H31N5O4S2/c1-3-17-15(19-6-8-20(9-7-19)16(22)25-4-2)18-5-14-27(23,24)21-10-12-26-13-11-21/h3-14H2,1-2H3,(H,17,18). The highest BCUT2D eigenvalue weighted by molar-refractivity contribution is 7.99. The van der Waals surface area contributed by atoms with Crippen molar-refractivity contribution in [3.63, 3.8) is 0 Å². The van der Waals surface area contributed by atoms with Crippen LogP contribution in [0.2, 0.25) is 0 Å². The largest absolute Gasteiger partial charge is 0.450 e. The molecule has 2 aliphatic heterocycles. The minimum absolute atomic E-state index is 0.0232. The van der Waals surface area contributed by atoms with Crippen LogP contribution in [0.1, 0.15) is 13.8 Å². The number of thioether (sulfide) groups is 1. The van der Waals surface area contributed by atoms with Crippen molar-refractivity contribution in [1.29, 1.82) is 0 Å². The van der Waals surface area contributed by atoms with Crippen molar-refractivity contribution in [2.75, 3.05) is 76.2 Å². The van der Waals surface area contributed by atoms with Gasteiger partial charge >= 0.3 is 6.09 Å². The summed E-state index contributed by atoms with van der Waals surface area (Å²) in [5, 5.41) is 3.22. The number of carbonyl (C=O) groups excluding carboxylic acids is 1. The molecule has 1 amide bonds. The summed E-state index contributed by atoms with van der Waals surface area (Å²) in [7, 11) is -3.25. The lowest BCUT2D eigenvalue weighted by molar-refractivity contribution is 0.0914. The highest BCUT2D eigenvalue weighted by atomic mass is 32.2. The average molecular weight is 422 g/mol. The molecule has 0 aliphatic carbocycles. The quantitative estimate of drug-likeness (QED) is 0.480. The Morgan fingerprint density at radius 2 is 1.70 bits per heavy atom. The van der Waals surface area contributed by atoms with Crippen LogP contribution < -0.4 is 5.32 Å². The van der Waals surface area contributed by atoms with E-state index in [1.165, 1.54) is 0 Å². The van der Waals surface area contributed by atoms with Crippen molar-refractivity contribution in [2.24, 2.45) is 4.99 Å². The van der Waals surface area contributed by atoms with Crippen molar-refractivity contribution in [3.8, 4) is 0 Å². The van der Waals surface area contributed by atoms with Gasteiger partial charge in [0.1, 0.15) is 0 Å². The van der Waals surface area contributed by atoms with E-state index >= 15 is 0 Å². The van der Waals surface area contributed by atoms with Crippen molar-refractivity contribution >= 4 is 33.8 Å². The van der Waals surface area contributed by atoms with Gasteiger partial charge in [-0.3, -0.25) is 4.99 Å². The minimum atomic E-state index is -3.25. The number of guanidine groups is 1. The monoisotopic (exact) mass is 421 g/mol. The maximum Gasteiger partial charge on any atom is 0.409 e. The Labute approximate surface area is 166 Å². The Morgan fingerprint density at radius 1 is 1.07 bits per heavy atom. The fourth-order valence-electron chi connectivity index (χ4n) is 2.96. The van der Waals surface area contributed by atoms with Gasteiger partial charge in [-0.05, 0) is 13.8 Å². The first kappa shape index (κ1) is 22.1. The van der Waals surface area contributed by atoms with Crippen molar-refractivity contribution < 1.29 is 17.9 Å². The summed E-state index contributed by atoms with van der Waals surface area (Å²) in [5.41, 5.74) is 0. The predicted molar refractivity (Wildman–Crippen MR) is 109 cm³/mol. The molecule has 2 aliphatic rings. The molecule has 2 rings (SSSR count). The molecule has 11 heteroatoms. The third-order valence-corrected chi connectivity index (χ3v) is 7.21. The first-order chi connectivity index (χ1) is 13.0. The average Bonchev–Trinajstić information content (AvgIpc) is 2.68. The second kappa shape index (κ2) is 11.0. The number of amides is 1. The summed E-state index contributed by atoms with van der Waals surface area (Å²) in [6.07, 6.45) is -0.287. The van der Waals surface area contributed by atoms with Crippen LogP contribution >= 0.6 is 11.8 Å². The van der Waals surface area contributed by atoms with Crippen LogP contribution in [0.3, 0.4) is 0 Å². The molecule has 0 bridgehead atoms. The summed E-state index contributed by atoms with van der Waals surface area (Å²) >= 11 is 1.79. The molecular weight excluding hydrogens is 390 g/mol. The highest BCUT2D eigenvalue weighted by Crippen LogP contribution is 2.13. The summed E-state index contributed by atoms with van der Waals surface area (Å²) < 4.78 is 31.5.